The molecule has 0 aromatic heterocycles. The highest BCUT2D eigenvalue weighted by Gasteiger charge is 2.32. The number of amides is 1. The van der Waals surface area contributed by atoms with Gasteiger partial charge < -0.3 is 19.9 Å². The molecule has 0 aliphatic rings. The fourth-order valence-electron chi connectivity index (χ4n) is 2.83. The summed E-state index contributed by atoms with van der Waals surface area (Å²) in [5.41, 5.74) is 1.07. The average molecular weight is 399 g/mol. The van der Waals surface area contributed by atoms with Gasteiger partial charge >= 0.3 is 12.1 Å². The minimum Gasteiger partial charge on any atom is -0.461 e. The van der Waals surface area contributed by atoms with Crippen molar-refractivity contribution in [3.63, 3.8) is 0 Å². The number of esters is 1. The van der Waals surface area contributed by atoms with E-state index < -0.39 is 36.2 Å². The van der Waals surface area contributed by atoms with Crippen molar-refractivity contribution in [2.75, 3.05) is 6.61 Å². The molecule has 0 fully saturated rings. The van der Waals surface area contributed by atoms with Crippen LogP contribution in [0.15, 0.2) is 60.7 Å². The Labute approximate surface area is 171 Å². The molecule has 0 aliphatic heterocycles. The zero-order valence-corrected chi connectivity index (χ0v) is 17.1. The second-order valence-electron chi connectivity index (χ2n) is 7.82. The van der Waals surface area contributed by atoms with Gasteiger partial charge in [0.2, 0.25) is 0 Å². The van der Waals surface area contributed by atoms with E-state index in [-0.39, 0.29) is 6.61 Å². The number of ether oxygens (including phenoxy) is 2. The van der Waals surface area contributed by atoms with E-state index in [2.05, 4.69) is 5.32 Å². The van der Waals surface area contributed by atoms with Crippen molar-refractivity contribution < 1.29 is 24.2 Å². The Hall–Kier alpha value is -2.86. The minimum atomic E-state index is -0.840. The van der Waals surface area contributed by atoms with Crippen LogP contribution in [0.4, 0.5) is 4.79 Å². The molecule has 0 heterocycles. The van der Waals surface area contributed by atoms with Crippen LogP contribution in [0, 0.1) is 5.92 Å². The summed E-state index contributed by atoms with van der Waals surface area (Å²) < 4.78 is 10.8. The van der Waals surface area contributed by atoms with Gasteiger partial charge in [0.25, 0.3) is 0 Å². The number of alkyl carbamates (subject to hydrolysis) is 1. The highest BCUT2D eigenvalue weighted by Crippen LogP contribution is 2.17. The zero-order valence-electron chi connectivity index (χ0n) is 17.1. The molecule has 2 aromatic carbocycles. The van der Waals surface area contributed by atoms with Gasteiger partial charge in [-0.2, -0.15) is 0 Å². The summed E-state index contributed by atoms with van der Waals surface area (Å²) in [6, 6.07) is 17.9. The first-order valence-electron chi connectivity index (χ1n) is 9.63. The Morgan fingerprint density at radius 1 is 0.966 bits per heavy atom. The molecule has 29 heavy (non-hydrogen) atoms. The van der Waals surface area contributed by atoms with Gasteiger partial charge in [-0.3, -0.25) is 4.79 Å². The van der Waals surface area contributed by atoms with Gasteiger partial charge in [0.05, 0.1) is 18.6 Å². The maximum atomic E-state index is 12.9. The molecule has 0 aliphatic carbocycles. The molecule has 6 heteroatoms. The summed E-state index contributed by atoms with van der Waals surface area (Å²) in [6.07, 6.45) is -0.374. The molecule has 2 atom stereocenters. The summed E-state index contributed by atoms with van der Waals surface area (Å²) in [7, 11) is 0. The monoisotopic (exact) mass is 399 g/mol. The van der Waals surface area contributed by atoms with Crippen molar-refractivity contribution >= 4 is 12.1 Å². The van der Waals surface area contributed by atoms with Crippen LogP contribution >= 0.6 is 0 Å². The maximum Gasteiger partial charge on any atom is 0.407 e. The SMILES string of the molecule is CC(C)(C)OC(=O)N[C@H](CO)[C@@H](Cc1ccccc1)C(=O)OCc1ccccc1. The topological polar surface area (TPSA) is 84.9 Å². The molecule has 6 nitrogen and oxygen atoms in total. The van der Waals surface area contributed by atoms with Crippen molar-refractivity contribution in [2.24, 2.45) is 5.92 Å². The number of aliphatic hydroxyl groups is 1. The molecule has 0 unspecified atom stereocenters. The molecular weight excluding hydrogens is 370 g/mol. The van der Waals surface area contributed by atoms with Crippen LogP contribution < -0.4 is 5.32 Å². The lowest BCUT2D eigenvalue weighted by Crippen LogP contribution is -2.48. The third kappa shape index (κ3) is 7.95. The maximum absolute atomic E-state index is 12.9. The molecule has 2 N–H and O–H groups in total. The van der Waals surface area contributed by atoms with Crippen LogP contribution in [0.25, 0.3) is 0 Å². The van der Waals surface area contributed by atoms with E-state index in [0.29, 0.717) is 6.42 Å². The smallest absolute Gasteiger partial charge is 0.407 e. The third-order valence-corrected chi connectivity index (χ3v) is 4.21. The Bertz CT molecular complexity index is 771. The van der Waals surface area contributed by atoms with Crippen molar-refractivity contribution in [2.45, 2.75) is 45.4 Å². The first-order chi connectivity index (χ1) is 13.8. The number of aliphatic hydroxyl groups excluding tert-OH is 1. The molecule has 1 amide bonds. The van der Waals surface area contributed by atoms with Crippen LogP contribution in [0.5, 0.6) is 0 Å². The van der Waals surface area contributed by atoms with Gasteiger partial charge in [-0.05, 0) is 38.3 Å². The summed E-state index contributed by atoms with van der Waals surface area (Å²) in [5.74, 6) is -1.26. The lowest BCUT2D eigenvalue weighted by molar-refractivity contribution is -0.151. The molecule has 0 spiro atoms. The molecule has 0 radical (unpaired) electrons. The van der Waals surface area contributed by atoms with Crippen molar-refractivity contribution in [3.05, 3.63) is 71.8 Å². The van der Waals surface area contributed by atoms with E-state index in [9.17, 15) is 14.7 Å². The first-order valence-corrected chi connectivity index (χ1v) is 9.63. The van der Waals surface area contributed by atoms with E-state index in [0.717, 1.165) is 11.1 Å². The van der Waals surface area contributed by atoms with Crippen LogP contribution in [0.3, 0.4) is 0 Å². The quantitative estimate of drug-likeness (QED) is 0.664. The van der Waals surface area contributed by atoms with Gasteiger partial charge in [-0.25, -0.2) is 4.79 Å². The van der Waals surface area contributed by atoms with Crippen molar-refractivity contribution in [3.8, 4) is 0 Å². The van der Waals surface area contributed by atoms with Gasteiger partial charge in [-0.1, -0.05) is 60.7 Å². The Morgan fingerprint density at radius 3 is 2.03 bits per heavy atom. The fraction of sp³-hybridized carbons (Fsp3) is 0.391. The fourth-order valence-corrected chi connectivity index (χ4v) is 2.83. The van der Waals surface area contributed by atoms with E-state index in [4.69, 9.17) is 9.47 Å². The highest BCUT2D eigenvalue weighted by molar-refractivity contribution is 5.75. The van der Waals surface area contributed by atoms with Gasteiger partial charge in [0.15, 0.2) is 0 Å². The van der Waals surface area contributed by atoms with E-state index in [1.54, 1.807) is 20.8 Å². The Kier molecular flexibility index (Phi) is 8.21. The number of carbonyl (C=O) groups excluding carboxylic acids is 2. The zero-order chi connectivity index (χ0) is 21.3. The summed E-state index contributed by atoms with van der Waals surface area (Å²) in [6.45, 7) is 4.94. The van der Waals surface area contributed by atoms with Gasteiger partial charge in [0, 0.05) is 0 Å². The van der Waals surface area contributed by atoms with Crippen molar-refractivity contribution in [1.29, 1.82) is 0 Å². The lowest BCUT2D eigenvalue weighted by atomic mass is 9.92. The van der Waals surface area contributed by atoms with Crippen LogP contribution in [-0.4, -0.2) is 35.4 Å². The molecule has 0 saturated heterocycles. The third-order valence-electron chi connectivity index (χ3n) is 4.21. The standard InChI is InChI=1S/C23H29NO5/c1-23(2,3)29-22(27)24-20(15-25)19(14-17-10-6-4-7-11-17)21(26)28-16-18-12-8-5-9-13-18/h4-13,19-20,25H,14-16H2,1-3H3,(H,24,27)/t19-,20-/m1/s1. The molecule has 2 aromatic rings. The van der Waals surface area contributed by atoms with Gasteiger partial charge in [0.1, 0.15) is 12.2 Å². The second-order valence-corrected chi connectivity index (χ2v) is 7.82. The second kappa shape index (κ2) is 10.6. The van der Waals surface area contributed by atoms with Gasteiger partial charge in [-0.15, -0.1) is 0 Å². The predicted molar refractivity (Wildman–Crippen MR) is 110 cm³/mol. The molecule has 2 rings (SSSR count). The number of carbonyl (C=O) groups is 2. The minimum absolute atomic E-state index is 0.121. The number of benzene rings is 2. The number of hydrogen-bond donors (Lipinski definition) is 2. The Balaban J connectivity index is 2.13. The van der Waals surface area contributed by atoms with Crippen LogP contribution in [0.2, 0.25) is 0 Å². The summed E-state index contributed by atoms with van der Waals surface area (Å²) in [4.78, 5) is 25.1. The number of hydrogen-bond acceptors (Lipinski definition) is 5. The first kappa shape index (κ1) is 22.4. The normalized spacial score (nSPS) is 13.2. The van der Waals surface area contributed by atoms with Crippen LogP contribution in [-0.2, 0) is 27.3 Å². The highest BCUT2D eigenvalue weighted by atomic mass is 16.6. The summed E-state index contributed by atoms with van der Waals surface area (Å²) in [5, 5.41) is 12.5. The molecule has 0 saturated carbocycles. The number of rotatable bonds is 8. The average Bonchev–Trinajstić information content (AvgIpc) is 2.69. The molecule has 0 bridgehead atoms. The van der Waals surface area contributed by atoms with E-state index in [1.165, 1.54) is 0 Å². The molecule has 156 valence electrons. The van der Waals surface area contributed by atoms with E-state index >= 15 is 0 Å². The number of nitrogens with one attached hydrogen (secondary N) is 1. The summed E-state index contributed by atoms with van der Waals surface area (Å²) >= 11 is 0. The van der Waals surface area contributed by atoms with Crippen LogP contribution in [0.1, 0.15) is 31.9 Å². The van der Waals surface area contributed by atoms with E-state index in [1.807, 2.05) is 60.7 Å². The largest absolute Gasteiger partial charge is 0.461 e. The Morgan fingerprint density at radius 2 is 1.52 bits per heavy atom. The molecular formula is C23H29NO5. The predicted octanol–water partition coefficient (Wildman–Crippen LogP) is 3.47. The lowest BCUT2D eigenvalue weighted by Gasteiger charge is -2.27. The van der Waals surface area contributed by atoms with Crippen molar-refractivity contribution in [1.82, 2.24) is 5.32 Å².